The van der Waals surface area contributed by atoms with Crippen LogP contribution in [0, 0.1) is 14.9 Å². The average Bonchev–Trinajstić information content (AvgIpc) is 2.16. The van der Waals surface area contributed by atoms with E-state index in [9.17, 15) is 4.79 Å². The fourth-order valence-electron chi connectivity index (χ4n) is 1.04. The number of hydrogen-bond donors (Lipinski definition) is 0. The maximum atomic E-state index is 11.1. The van der Waals surface area contributed by atoms with Crippen molar-refractivity contribution in [2.24, 2.45) is 0 Å². The van der Waals surface area contributed by atoms with Crippen LogP contribution in [-0.2, 0) is 0 Å². The first-order valence-corrected chi connectivity index (χ1v) is 5.04. The normalized spacial score (nSPS) is 9.29. The number of benzene rings is 1. The molecule has 0 fully saturated rings. The lowest BCUT2D eigenvalue weighted by atomic mass is 10.1. The van der Waals surface area contributed by atoms with Gasteiger partial charge in [0.25, 0.3) is 5.24 Å². The molecule has 3 nitrogen and oxygen atoms in total. The molecular weight excluding hydrogens is 316 g/mol. The topological polar surface area (TPSA) is 50.1 Å². The molecule has 0 saturated heterocycles. The Balaban J connectivity index is 3.53. The van der Waals surface area contributed by atoms with Crippen molar-refractivity contribution in [2.75, 3.05) is 7.11 Å². The Labute approximate surface area is 99.8 Å². The maximum Gasteiger partial charge on any atom is 0.257 e. The van der Waals surface area contributed by atoms with E-state index >= 15 is 0 Å². The Kier molecular flexibility index (Phi) is 3.72. The van der Waals surface area contributed by atoms with Gasteiger partial charge in [0.15, 0.2) is 0 Å². The van der Waals surface area contributed by atoms with Crippen molar-refractivity contribution in [1.29, 1.82) is 5.26 Å². The summed E-state index contributed by atoms with van der Waals surface area (Å²) in [6, 6.07) is 5.17. The van der Waals surface area contributed by atoms with Crippen LogP contribution >= 0.6 is 34.2 Å². The Morgan fingerprint density at radius 1 is 1.64 bits per heavy atom. The van der Waals surface area contributed by atoms with Crippen LogP contribution < -0.4 is 4.74 Å². The molecule has 0 atom stereocenters. The van der Waals surface area contributed by atoms with Gasteiger partial charge in [0.1, 0.15) is 11.8 Å². The number of hydrogen-bond acceptors (Lipinski definition) is 3. The molecule has 0 radical (unpaired) electrons. The fourth-order valence-corrected chi connectivity index (χ4v) is 2.06. The monoisotopic (exact) mass is 321 g/mol. The van der Waals surface area contributed by atoms with Crippen molar-refractivity contribution in [3.63, 3.8) is 0 Å². The lowest BCUT2D eigenvalue weighted by molar-refractivity contribution is 0.107. The number of nitriles is 1. The van der Waals surface area contributed by atoms with E-state index in [0.29, 0.717) is 9.13 Å². The first-order chi connectivity index (χ1) is 6.61. The molecule has 0 aromatic heterocycles. The van der Waals surface area contributed by atoms with E-state index in [-0.39, 0.29) is 11.3 Å². The molecule has 72 valence electrons. The van der Waals surface area contributed by atoms with Gasteiger partial charge in [0.2, 0.25) is 0 Å². The molecular formula is C9H5ClINO2. The second kappa shape index (κ2) is 4.62. The maximum absolute atomic E-state index is 11.1. The van der Waals surface area contributed by atoms with Gasteiger partial charge >= 0.3 is 0 Å². The van der Waals surface area contributed by atoms with Gasteiger partial charge < -0.3 is 4.74 Å². The van der Waals surface area contributed by atoms with Crippen LogP contribution in [-0.4, -0.2) is 12.4 Å². The standard InChI is InChI=1S/C9H5ClINO2/c1-14-8-5(4-12)2-3-6(11)7(8)9(10)13/h2-3H,1H3. The molecule has 0 heterocycles. The second-order valence-corrected chi connectivity index (χ2v) is 3.89. The summed E-state index contributed by atoms with van der Waals surface area (Å²) in [5.41, 5.74) is 0.547. The van der Waals surface area contributed by atoms with E-state index < -0.39 is 5.24 Å². The summed E-state index contributed by atoms with van der Waals surface area (Å²) in [4.78, 5) is 11.1. The van der Waals surface area contributed by atoms with E-state index in [0.717, 1.165) is 0 Å². The largest absolute Gasteiger partial charge is 0.495 e. The molecule has 0 aliphatic heterocycles. The molecule has 1 aromatic rings. The van der Waals surface area contributed by atoms with E-state index in [2.05, 4.69) is 0 Å². The van der Waals surface area contributed by atoms with Gasteiger partial charge in [-0.3, -0.25) is 4.79 Å². The molecule has 0 spiro atoms. The smallest absolute Gasteiger partial charge is 0.257 e. The lowest BCUT2D eigenvalue weighted by Gasteiger charge is -2.08. The van der Waals surface area contributed by atoms with E-state index in [1.165, 1.54) is 7.11 Å². The molecule has 0 N–H and O–H groups in total. The van der Waals surface area contributed by atoms with Crippen molar-refractivity contribution < 1.29 is 9.53 Å². The zero-order valence-corrected chi connectivity index (χ0v) is 10.1. The highest BCUT2D eigenvalue weighted by atomic mass is 127. The third kappa shape index (κ3) is 1.99. The number of ether oxygens (including phenoxy) is 1. The number of rotatable bonds is 2. The predicted octanol–water partition coefficient (Wildman–Crippen LogP) is 2.55. The summed E-state index contributed by atoms with van der Waals surface area (Å²) >= 11 is 7.35. The molecule has 0 aliphatic rings. The van der Waals surface area contributed by atoms with Crippen LogP contribution in [0.25, 0.3) is 0 Å². The summed E-state index contributed by atoms with van der Waals surface area (Å²) in [6.45, 7) is 0. The molecule has 0 bridgehead atoms. The van der Waals surface area contributed by atoms with Gasteiger partial charge in [0.05, 0.1) is 18.2 Å². The van der Waals surface area contributed by atoms with Crippen molar-refractivity contribution in [2.45, 2.75) is 0 Å². The van der Waals surface area contributed by atoms with Gasteiger partial charge in [0, 0.05) is 3.57 Å². The number of halogens is 2. The van der Waals surface area contributed by atoms with Gasteiger partial charge in [-0.05, 0) is 46.3 Å². The molecule has 0 unspecified atom stereocenters. The number of methoxy groups -OCH3 is 1. The quantitative estimate of drug-likeness (QED) is 0.621. The van der Waals surface area contributed by atoms with E-state index in [1.54, 1.807) is 12.1 Å². The first-order valence-electron chi connectivity index (χ1n) is 3.58. The minimum Gasteiger partial charge on any atom is -0.495 e. The Bertz CT molecular complexity index is 426. The van der Waals surface area contributed by atoms with E-state index in [4.69, 9.17) is 21.6 Å². The third-order valence-electron chi connectivity index (χ3n) is 1.63. The Morgan fingerprint density at radius 2 is 2.29 bits per heavy atom. The highest BCUT2D eigenvalue weighted by molar-refractivity contribution is 14.1. The minimum atomic E-state index is -0.622. The van der Waals surface area contributed by atoms with Gasteiger partial charge in [-0.25, -0.2) is 0 Å². The van der Waals surface area contributed by atoms with Crippen molar-refractivity contribution in [3.05, 3.63) is 26.8 Å². The van der Waals surface area contributed by atoms with Crippen LogP contribution in [0.3, 0.4) is 0 Å². The summed E-state index contributed by atoms with van der Waals surface area (Å²) in [6.07, 6.45) is 0. The molecule has 5 heteroatoms. The van der Waals surface area contributed by atoms with Crippen LogP contribution in [0.2, 0.25) is 0 Å². The molecule has 1 aromatic carbocycles. The SMILES string of the molecule is COc1c(C#N)ccc(I)c1C(=O)Cl. The average molecular weight is 322 g/mol. The van der Waals surface area contributed by atoms with Gasteiger partial charge in [-0.15, -0.1) is 0 Å². The zero-order valence-electron chi connectivity index (χ0n) is 7.17. The molecule has 14 heavy (non-hydrogen) atoms. The summed E-state index contributed by atoms with van der Waals surface area (Å²) in [5.74, 6) is 0.236. The second-order valence-electron chi connectivity index (χ2n) is 2.39. The van der Waals surface area contributed by atoms with E-state index in [1.807, 2.05) is 28.7 Å². The third-order valence-corrected chi connectivity index (χ3v) is 2.72. The van der Waals surface area contributed by atoms with Crippen molar-refractivity contribution >= 4 is 39.4 Å². The molecule has 0 aliphatic carbocycles. The van der Waals surface area contributed by atoms with Crippen LogP contribution in [0.1, 0.15) is 15.9 Å². The summed E-state index contributed by atoms with van der Waals surface area (Å²) in [5, 5.41) is 8.14. The zero-order chi connectivity index (χ0) is 10.7. The van der Waals surface area contributed by atoms with Crippen molar-refractivity contribution in [3.8, 4) is 11.8 Å². The predicted molar refractivity (Wildman–Crippen MR) is 60.6 cm³/mol. The van der Waals surface area contributed by atoms with Crippen LogP contribution in [0.5, 0.6) is 5.75 Å². The first kappa shape index (κ1) is 11.3. The minimum absolute atomic E-state index is 0.236. The van der Waals surface area contributed by atoms with Crippen molar-refractivity contribution in [1.82, 2.24) is 0 Å². The van der Waals surface area contributed by atoms with Crippen LogP contribution in [0.15, 0.2) is 12.1 Å². The lowest BCUT2D eigenvalue weighted by Crippen LogP contribution is -2.01. The van der Waals surface area contributed by atoms with Crippen LogP contribution in [0.4, 0.5) is 0 Å². The number of nitrogens with zero attached hydrogens (tertiary/aromatic N) is 1. The summed E-state index contributed by atoms with van der Waals surface area (Å²) < 4.78 is 5.64. The van der Waals surface area contributed by atoms with Gasteiger partial charge in [-0.2, -0.15) is 5.26 Å². The molecule has 0 saturated carbocycles. The highest BCUT2D eigenvalue weighted by Gasteiger charge is 2.17. The fraction of sp³-hybridized carbons (Fsp3) is 0.111. The highest BCUT2D eigenvalue weighted by Crippen LogP contribution is 2.29. The number of carbonyl (C=O) groups is 1. The summed E-state index contributed by atoms with van der Waals surface area (Å²) in [7, 11) is 1.40. The van der Waals surface area contributed by atoms with Gasteiger partial charge in [-0.1, -0.05) is 0 Å². The molecule has 1 rings (SSSR count). The molecule has 0 amide bonds. The Morgan fingerprint density at radius 3 is 2.71 bits per heavy atom. The number of carbonyl (C=O) groups excluding carboxylic acids is 1. The Hall–Kier alpha value is -0.800.